The maximum atomic E-state index is 8.90. The predicted molar refractivity (Wildman–Crippen MR) is 64.8 cm³/mol. The molecule has 8 heteroatoms. The molecule has 0 amide bonds. The highest BCUT2D eigenvalue weighted by molar-refractivity contribution is 9.10. The number of anilines is 2. The number of halogens is 1. The monoisotopic (exact) mass is 297 g/mol. The van der Waals surface area contributed by atoms with E-state index in [0.29, 0.717) is 5.69 Å². The number of rotatable bonds is 2. The lowest BCUT2D eigenvalue weighted by molar-refractivity contribution is 0.305. The number of amidine groups is 1. The van der Waals surface area contributed by atoms with E-state index in [1.54, 1.807) is 12.1 Å². The van der Waals surface area contributed by atoms with Crippen molar-refractivity contribution in [3.63, 3.8) is 0 Å². The molecule has 17 heavy (non-hydrogen) atoms. The Morgan fingerprint density at radius 1 is 1.47 bits per heavy atom. The van der Waals surface area contributed by atoms with Crippen molar-refractivity contribution in [3.05, 3.63) is 34.4 Å². The van der Waals surface area contributed by atoms with E-state index in [2.05, 4.69) is 41.3 Å². The van der Waals surface area contributed by atoms with Gasteiger partial charge in [-0.25, -0.2) is 4.63 Å². The van der Waals surface area contributed by atoms with Crippen LogP contribution in [0.15, 0.2) is 38.5 Å². The molecule has 1 aromatic carbocycles. The van der Waals surface area contributed by atoms with Crippen LogP contribution in [0.4, 0.5) is 11.5 Å². The van der Waals surface area contributed by atoms with E-state index in [-0.39, 0.29) is 17.3 Å². The molecule has 7 nitrogen and oxygen atoms in total. The minimum Gasteiger partial charge on any atom is -0.409 e. The second-order valence-corrected chi connectivity index (χ2v) is 4.00. The van der Waals surface area contributed by atoms with Gasteiger partial charge in [-0.3, -0.25) is 0 Å². The highest BCUT2D eigenvalue weighted by atomic mass is 79.9. The maximum absolute atomic E-state index is 8.90. The minimum absolute atomic E-state index is 0.0419. The zero-order chi connectivity index (χ0) is 12.3. The molecular weight excluding hydrogens is 290 g/mol. The Morgan fingerprint density at radius 2 is 2.29 bits per heavy atom. The molecule has 4 N–H and O–H groups in total. The molecule has 88 valence electrons. The van der Waals surface area contributed by atoms with Gasteiger partial charge in [0.1, 0.15) is 0 Å². The standard InChI is InChI=1S/C9H8BrN5O2/c10-5-2-1-3-6(4-5)12-9(13-16)7-8(11)15-17-14-7/h1-4,16H,(H2,11,15)(H,12,13). The second-order valence-electron chi connectivity index (χ2n) is 3.08. The lowest BCUT2D eigenvalue weighted by Crippen LogP contribution is -2.15. The average molecular weight is 298 g/mol. The van der Waals surface area contributed by atoms with Crippen LogP contribution in [0.5, 0.6) is 0 Å². The number of hydrogen-bond donors (Lipinski definition) is 3. The van der Waals surface area contributed by atoms with Crippen LogP contribution in [0.25, 0.3) is 0 Å². The number of nitrogen functional groups attached to an aromatic ring is 1. The van der Waals surface area contributed by atoms with Crippen molar-refractivity contribution >= 4 is 33.3 Å². The third-order valence-corrected chi connectivity index (χ3v) is 2.42. The zero-order valence-corrected chi connectivity index (χ0v) is 10.0. The molecule has 0 unspecified atom stereocenters. The summed E-state index contributed by atoms with van der Waals surface area (Å²) in [4.78, 5) is 0. The number of nitrogens with zero attached hydrogens (tertiary/aromatic N) is 3. The molecule has 1 heterocycles. The van der Waals surface area contributed by atoms with Gasteiger partial charge in [-0.05, 0) is 28.5 Å². The third kappa shape index (κ3) is 2.53. The molecule has 0 saturated heterocycles. The normalized spacial score (nSPS) is 11.5. The highest BCUT2D eigenvalue weighted by Crippen LogP contribution is 2.17. The molecule has 0 spiro atoms. The zero-order valence-electron chi connectivity index (χ0n) is 8.46. The Bertz CT molecular complexity index is 554. The smallest absolute Gasteiger partial charge is 0.203 e. The van der Waals surface area contributed by atoms with E-state index in [1.807, 2.05) is 12.1 Å². The van der Waals surface area contributed by atoms with Gasteiger partial charge in [0.2, 0.25) is 5.84 Å². The molecule has 0 atom stereocenters. The van der Waals surface area contributed by atoms with Crippen molar-refractivity contribution in [2.75, 3.05) is 11.1 Å². The highest BCUT2D eigenvalue weighted by Gasteiger charge is 2.14. The summed E-state index contributed by atoms with van der Waals surface area (Å²) in [5.41, 5.74) is 6.34. The van der Waals surface area contributed by atoms with Gasteiger partial charge in [0.05, 0.1) is 0 Å². The van der Waals surface area contributed by atoms with Crippen LogP contribution in [0, 0.1) is 0 Å². The van der Waals surface area contributed by atoms with Crippen molar-refractivity contribution in [2.24, 2.45) is 5.16 Å². The predicted octanol–water partition coefficient (Wildman–Crippen LogP) is 1.66. The summed E-state index contributed by atoms with van der Waals surface area (Å²) in [6, 6.07) is 7.29. The first kappa shape index (κ1) is 11.4. The van der Waals surface area contributed by atoms with Gasteiger partial charge in [0.15, 0.2) is 11.5 Å². The maximum Gasteiger partial charge on any atom is 0.203 e. The van der Waals surface area contributed by atoms with Crippen molar-refractivity contribution in [1.82, 2.24) is 10.3 Å². The number of aromatic nitrogens is 2. The molecule has 0 saturated carbocycles. The van der Waals surface area contributed by atoms with Crippen molar-refractivity contribution < 1.29 is 9.84 Å². The van der Waals surface area contributed by atoms with Crippen LogP contribution < -0.4 is 11.1 Å². The summed E-state index contributed by atoms with van der Waals surface area (Å²) in [6.45, 7) is 0. The summed E-state index contributed by atoms with van der Waals surface area (Å²) in [5, 5.41) is 21.7. The third-order valence-electron chi connectivity index (χ3n) is 1.93. The first-order valence-corrected chi connectivity index (χ1v) is 5.33. The van der Waals surface area contributed by atoms with Gasteiger partial charge in [-0.1, -0.05) is 27.2 Å². The molecule has 0 aliphatic heterocycles. The number of benzene rings is 1. The topological polar surface area (TPSA) is 110 Å². The molecule has 0 bridgehead atoms. The fourth-order valence-electron chi connectivity index (χ4n) is 1.19. The molecule has 0 fully saturated rings. The molecule has 1 aromatic heterocycles. The minimum atomic E-state index is 0.0419. The number of nitrogens with two attached hydrogens (primary N) is 1. The van der Waals surface area contributed by atoms with E-state index in [0.717, 1.165) is 4.47 Å². The second kappa shape index (κ2) is 4.83. The quantitative estimate of drug-likeness (QED) is 0.337. The molecule has 0 radical (unpaired) electrons. The Kier molecular flexibility index (Phi) is 3.24. The molecule has 2 aromatic rings. The van der Waals surface area contributed by atoms with Gasteiger partial charge in [-0.2, -0.15) is 0 Å². The Labute approximate surface area is 104 Å². The first-order valence-electron chi connectivity index (χ1n) is 4.53. The van der Waals surface area contributed by atoms with E-state index in [4.69, 9.17) is 10.9 Å². The lowest BCUT2D eigenvalue weighted by Gasteiger charge is -2.05. The average Bonchev–Trinajstić information content (AvgIpc) is 2.72. The van der Waals surface area contributed by atoms with E-state index in [1.165, 1.54) is 0 Å². The Balaban J connectivity index is 2.26. The van der Waals surface area contributed by atoms with Gasteiger partial charge in [0.25, 0.3) is 0 Å². The molecular formula is C9H8BrN5O2. The van der Waals surface area contributed by atoms with Crippen LogP contribution in [-0.4, -0.2) is 21.4 Å². The van der Waals surface area contributed by atoms with Crippen LogP contribution in [0.3, 0.4) is 0 Å². The van der Waals surface area contributed by atoms with Gasteiger partial charge < -0.3 is 16.3 Å². The fraction of sp³-hybridized carbons (Fsp3) is 0. The van der Waals surface area contributed by atoms with Crippen LogP contribution in [0.1, 0.15) is 5.69 Å². The van der Waals surface area contributed by atoms with Crippen molar-refractivity contribution in [1.29, 1.82) is 0 Å². The lowest BCUT2D eigenvalue weighted by atomic mass is 10.3. The summed E-state index contributed by atoms with van der Waals surface area (Å²) in [5.74, 6) is 0.0992. The van der Waals surface area contributed by atoms with Crippen molar-refractivity contribution in [3.8, 4) is 0 Å². The van der Waals surface area contributed by atoms with Crippen LogP contribution in [0.2, 0.25) is 0 Å². The Hall–Kier alpha value is -2.09. The first-order chi connectivity index (χ1) is 8.20. The fourth-order valence-corrected chi connectivity index (χ4v) is 1.59. The largest absolute Gasteiger partial charge is 0.409 e. The molecule has 0 aliphatic carbocycles. The Morgan fingerprint density at radius 3 is 2.88 bits per heavy atom. The van der Waals surface area contributed by atoms with Crippen LogP contribution >= 0.6 is 15.9 Å². The SMILES string of the molecule is Nc1nonc1/C(=N\O)Nc1cccc(Br)c1. The molecule has 0 aliphatic rings. The van der Waals surface area contributed by atoms with Crippen molar-refractivity contribution in [2.45, 2.75) is 0 Å². The number of nitrogens with one attached hydrogen (secondary N) is 1. The van der Waals surface area contributed by atoms with Gasteiger partial charge in [0, 0.05) is 10.2 Å². The van der Waals surface area contributed by atoms with E-state index >= 15 is 0 Å². The van der Waals surface area contributed by atoms with Crippen LogP contribution in [-0.2, 0) is 0 Å². The van der Waals surface area contributed by atoms with Gasteiger partial charge >= 0.3 is 0 Å². The van der Waals surface area contributed by atoms with Gasteiger partial charge in [-0.15, -0.1) is 0 Å². The molecule has 2 rings (SSSR count). The summed E-state index contributed by atoms with van der Waals surface area (Å²) < 4.78 is 5.30. The number of hydrogen-bond acceptors (Lipinski definition) is 6. The summed E-state index contributed by atoms with van der Waals surface area (Å²) >= 11 is 3.32. The number of oxime groups is 1. The van der Waals surface area contributed by atoms with E-state index in [9.17, 15) is 0 Å². The summed E-state index contributed by atoms with van der Waals surface area (Å²) in [7, 11) is 0. The summed E-state index contributed by atoms with van der Waals surface area (Å²) in [6.07, 6.45) is 0. The van der Waals surface area contributed by atoms with E-state index < -0.39 is 0 Å².